The molecule has 0 amide bonds. The number of nitrogen functional groups attached to an aromatic ring is 1. The van der Waals surface area contributed by atoms with Crippen LogP contribution >= 0.6 is 46.4 Å². The lowest BCUT2D eigenvalue weighted by Gasteiger charge is -2.04. The van der Waals surface area contributed by atoms with Gasteiger partial charge < -0.3 is 5.73 Å². The second-order valence-corrected chi connectivity index (χ2v) is 6.61. The molecule has 3 aromatic rings. The molecule has 10 heteroatoms. The molecule has 0 aliphatic rings. The average Bonchev–Trinajstić information content (AvgIpc) is 2.64. The largest absolute Gasteiger partial charge is 0.394 e. The van der Waals surface area contributed by atoms with E-state index in [-0.39, 0.29) is 38.5 Å². The molecule has 1 aromatic carbocycles. The van der Waals surface area contributed by atoms with Crippen molar-refractivity contribution in [1.82, 2.24) is 19.9 Å². The third-order valence-electron chi connectivity index (χ3n) is 3.24. The van der Waals surface area contributed by atoms with Gasteiger partial charge in [-0.2, -0.15) is 0 Å². The maximum atomic E-state index is 11.9. The minimum absolute atomic E-state index is 0.0276. The molecule has 0 spiro atoms. The van der Waals surface area contributed by atoms with Crippen molar-refractivity contribution in [2.75, 3.05) is 5.73 Å². The summed E-state index contributed by atoms with van der Waals surface area (Å²) in [6.07, 6.45) is 3.02. The molecule has 27 heavy (non-hydrogen) atoms. The SMILES string of the molecule is Nc1c(Cl)ncnc1Cl.O=C(Cc1ccccc1)Cc1c(Cl)ncnc1Cl. The van der Waals surface area contributed by atoms with E-state index in [0.29, 0.717) is 12.0 Å². The molecule has 3 rings (SSSR count). The zero-order chi connectivity index (χ0) is 19.8. The first-order valence-corrected chi connectivity index (χ1v) is 9.01. The number of ketones is 1. The van der Waals surface area contributed by atoms with Gasteiger partial charge in [-0.15, -0.1) is 0 Å². The molecule has 6 nitrogen and oxygen atoms in total. The van der Waals surface area contributed by atoms with Crippen LogP contribution in [0.4, 0.5) is 5.69 Å². The zero-order valence-electron chi connectivity index (χ0n) is 13.7. The summed E-state index contributed by atoms with van der Waals surface area (Å²) in [6.45, 7) is 0. The van der Waals surface area contributed by atoms with Crippen LogP contribution in [0, 0.1) is 0 Å². The van der Waals surface area contributed by atoms with E-state index in [0.717, 1.165) is 5.56 Å². The predicted octanol–water partition coefficient (Wildman–Crippen LogP) is 4.50. The number of aromatic nitrogens is 4. The number of halogens is 4. The Bertz CT molecular complexity index is 884. The Labute approximate surface area is 175 Å². The van der Waals surface area contributed by atoms with Crippen LogP contribution in [0.15, 0.2) is 43.0 Å². The zero-order valence-corrected chi connectivity index (χ0v) is 16.8. The minimum Gasteiger partial charge on any atom is -0.394 e. The van der Waals surface area contributed by atoms with Crippen molar-refractivity contribution < 1.29 is 4.79 Å². The normalized spacial score (nSPS) is 10.1. The van der Waals surface area contributed by atoms with Gasteiger partial charge in [-0.05, 0) is 5.56 Å². The van der Waals surface area contributed by atoms with E-state index >= 15 is 0 Å². The number of nitrogens with two attached hydrogens (primary N) is 1. The first-order valence-electron chi connectivity index (χ1n) is 7.50. The molecule has 0 saturated heterocycles. The Balaban J connectivity index is 0.000000244. The molecular formula is C17H13Cl4N5O. The van der Waals surface area contributed by atoms with Gasteiger partial charge in [0.05, 0.1) is 0 Å². The first-order chi connectivity index (χ1) is 12.9. The van der Waals surface area contributed by atoms with Crippen LogP contribution in [-0.4, -0.2) is 25.7 Å². The molecule has 0 atom stereocenters. The van der Waals surface area contributed by atoms with E-state index < -0.39 is 0 Å². The smallest absolute Gasteiger partial charge is 0.156 e. The van der Waals surface area contributed by atoms with Crippen LogP contribution in [0.1, 0.15) is 11.1 Å². The van der Waals surface area contributed by atoms with Crippen LogP contribution in [0.5, 0.6) is 0 Å². The van der Waals surface area contributed by atoms with Crippen LogP contribution in [-0.2, 0) is 17.6 Å². The number of nitrogens with zero attached hydrogens (tertiary/aromatic N) is 4. The molecule has 0 unspecified atom stereocenters. The van der Waals surface area contributed by atoms with Crippen LogP contribution in [0.3, 0.4) is 0 Å². The molecule has 0 radical (unpaired) electrons. The van der Waals surface area contributed by atoms with Crippen molar-refractivity contribution in [3.05, 3.63) is 74.7 Å². The molecule has 0 saturated carbocycles. The van der Waals surface area contributed by atoms with Gasteiger partial charge in [0.15, 0.2) is 10.3 Å². The van der Waals surface area contributed by atoms with Gasteiger partial charge >= 0.3 is 0 Å². The van der Waals surface area contributed by atoms with Crippen molar-refractivity contribution in [2.24, 2.45) is 0 Å². The van der Waals surface area contributed by atoms with Gasteiger partial charge in [0.25, 0.3) is 0 Å². The van der Waals surface area contributed by atoms with Crippen molar-refractivity contribution in [3.8, 4) is 0 Å². The monoisotopic (exact) mass is 443 g/mol. The van der Waals surface area contributed by atoms with Crippen LogP contribution < -0.4 is 5.73 Å². The van der Waals surface area contributed by atoms with E-state index in [9.17, 15) is 4.79 Å². The number of rotatable bonds is 4. The number of carbonyl (C=O) groups excluding carboxylic acids is 1. The molecular weight excluding hydrogens is 432 g/mol. The van der Waals surface area contributed by atoms with Gasteiger partial charge in [-0.1, -0.05) is 76.7 Å². The highest BCUT2D eigenvalue weighted by molar-refractivity contribution is 6.37. The standard InChI is InChI=1S/C13H10Cl2N2O.C4H3Cl2N3/c14-12-11(13(15)17-8-16-12)7-10(18)6-9-4-2-1-3-5-9;5-3-2(7)4(6)9-1-8-3/h1-5,8H,6-7H2;1H,7H2. The number of carbonyl (C=O) groups is 1. The van der Waals surface area contributed by atoms with Gasteiger partial charge in [-0.3, -0.25) is 4.79 Å². The maximum Gasteiger partial charge on any atom is 0.156 e. The Kier molecular flexibility index (Phi) is 8.19. The van der Waals surface area contributed by atoms with E-state index in [2.05, 4.69) is 19.9 Å². The fourth-order valence-corrected chi connectivity index (χ4v) is 2.72. The first kappa shape index (κ1) is 21.3. The Hall–Kier alpha value is -1.99. The molecule has 2 aromatic heterocycles. The number of benzene rings is 1. The summed E-state index contributed by atoms with van der Waals surface area (Å²) in [4.78, 5) is 26.7. The number of anilines is 1. The Morgan fingerprint density at radius 2 is 1.26 bits per heavy atom. The van der Waals surface area contributed by atoms with E-state index in [4.69, 9.17) is 52.1 Å². The summed E-state index contributed by atoms with van der Waals surface area (Å²) >= 11 is 22.7. The quantitative estimate of drug-likeness (QED) is 0.595. The molecule has 0 aliphatic carbocycles. The lowest BCUT2D eigenvalue weighted by atomic mass is 10.0. The molecule has 0 fully saturated rings. The molecule has 2 heterocycles. The lowest BCUT2D eigenvalue weighted by molar-refractivity contribution is -0.117. The number of hydrogen-bond donors (Lipinski definition) is 1. The summed E-state index contributed by atoms with van der Waals surface area (Å²) in [5, 5.41) is 0.845. The fraction of sp³-hybridized carbons (Fsp3) is 0.118. The topological polar surface area (TPSA) is 94.7 Å². The van der Waals surface area contributed by atoms with Gasteiger partial charge in [0.2, 0.25) is 0 Å². The third kappa shape index (κ3) is 6.59. The summed E-state index contributed by atoms with van der Waals surface area (Å²) in [7, 11) is 0. The molecule has 140 valence electrons. The average molecular weight is 445 g/mol. The summed E-state index contributed by atoms with van der Waals surface area (Å²) in [5.74, 6) is 0.0276. The summed E-state index contributed by atoms with van der Waals surface area (Å²) in [6, 6.07) is 9.51. The second kappa shape index (κ2) is 10.4. The maximum absolute atomic E-state index is 11.9. The van der Waals surface area contributed by atoms with E-state index in [1.807, 2.05) is 30.3 Å². The van der Waals surface area contributed by atoms with E-state index in [1.54, 1.807) is 0 Å². The van der Waals surface area contributed by atoms with E-state index in [1.165, 1.54) is 12.7 Å². The number of hydrogen-bond acceptors (Lipinski definition) is 6. The Morgan fingerprint density at radius 1 is 0.778 bits per heavy atom. The van der Waals surface area contributed by atoms with Gasteiger partial charge in [-0.25, -0.2) is 19.9 Å². The van der Waals surface area contributed by atoms with Crippen molar-refractivity contribution in [1.29, 1.82) is 0 Å². The third-order valence-corrected chi connectivity index (χ3v) is 4.50. The van der Waals surface area contributed by atoms with Crippen molar-refractivity contribution in [2.45, 2.75) is 12.8 Å². The second-order valence-electron chi connectivity index (χ2n) is 5.18. The predicted molar refractivity (Wildman–Crippen MR) is 107 cm³/mol. The fourth-order valence-electron chi connectivity index (χ4n) is 1.95. The highest BCUT2D eigenvalue weighted by atomic mass is 35.5. The molecule has 2 N–H and O–H groups in total. The highest BCUT2D eigenvalue weighted by Crippen LogP contribution is 2.21. The minimum atomic E-state index is 0.0276. The Morgan fingerprint density at radius 3 is 1.74 bits per heavy atom. The van der Waals surface area contributed by atoms with Gasteiger partial charge in [0.1, 0.15) is 34.4 Å². The van der Waals surface area contributed by atoms with Crippen LogP contribution in [0.2, 0.25) is 20.6 Å². The van der Waals surface area contributed by atoms with Crippen LogP contribution in [0.25, 0.3) is 0 Å². The summed E-state index contributed by atoms with van der Waals surface area (Å²) in [5.41, 5.74) is 6.97. The molecule has 0 aliphatic heterocycles. The highest BCUT2D eigenvalue weighted by Gasteiger charge is 2.13. The van der Waals surface area contributed by atoms with Crippen molar-refractivity contribution in [3.63, 3.8) is 0 Å². The summed E-state index contributed by atoms with van der Waals surface area (Å²) < 4.78 is 0. The molecule has 0 bridgehead atoms. The number of Topliss-reactive ketones (excluding diaryl/α,β-unsaturated/α-hetero) is 1. The van der Waals surface area contributed by atoms with Gasteiger partial charge in [0, 0.05) is 18.4 Å². The lowest BCUT2D eigenvalue weighted by Crippen LogP contribution is -2.08. The van der Waals surface area contributed by atoms with Crippen molar-refractivity contribution >= 4 is 57.9 Å².